The molecule has 0 aliphatic heterocycles. The van der Waals surface area contributed by atoms with Gasteiger partial charge in [0.25, 0.3) is 0 Å². The number of ether oxygens (including phenoxy) is 2. The Kier molecular flexibility index (Phi) is 3.49. The van der Waals surface area contributed by atoms with Gasteiger partial charge < -0.3 is 15.2 Å². The van der Waals surface area contributed by atoms with Gasteiger partial charge in [0, 0.05) is 17.9 Å². The number of sulfone groups is 1. The molecule has 1 fully saturated rings. The van der Waals surface area contributed by atoms with E-state index in [9.17, 15) is 8.42 Å². The van der Waals surface area contributed by atoms with Gasteiger partial charge in [-0.15, -0.1) is 0 Å². The monoisotopic (exact) mass is 285 g/mol. The van der Waals surface area contributed by atoms with Crippen LogP contribution in [0.2, 0.25) is 0 Å². The van der Waals surface area contributed by atoms with Gasteiger partial charge in [0.05, 0.1) is 19.1 Å². The maximum absolute atomic E-state index is 11.9. The highest BCUT2D eigenvalue weighted by atomic mass is 32.2. The van der Waals surface area contributed by atoms with Gasteiger partial charge in [0.2, 0.25) is 0 Å². The van der Waals surface area contributed by atoms with Crippen LogP contribution in [0.25, 0.3) is 0 Å². The molecule has 1 aliphatic rings. The zero-order chi connectivity index (χ0) is 14.3. The summed E-state index contributed by atoms with van der Waals surface area (Å²) in [5, 5.41) is 0. The van der Waals surface area contributed by atoms with Gasteiger partial charge in [0.15, 0.2) is 21.3 Å². The lowest BCUT2D eigenvalue weighted by Crippen LogP contribution is -2.25. The summed E-state index contributed by atoms with van der Waals surface area (Å²) in [4.78, 5) is 0.266. The number of hydrogen-bond acceptors (Lipinski definition) is 5. The first-order valence-corrected chi connectivity index (χ1v) is 7.92. The summed E-state index contributed by atoms with van der Waals surface area (Å²) in [6.45, 7) is 0. The quantitative estimate of drug-likeness (QED) is 0.877. The molecule has 0 heterocycles. The first-order valence-electron chi connectivity index (χ1n) is 6.03. The number of nitrogens with two attached hydrogens (primary N) is 1. The summed E-state index contributed by atoms with van der Waals surface area (Å²) in [6, 6.07) is 3.22. The van der Waals surface area contributed by atoms with Crippen LogP contribution in [0.1, 0.15) is 18.4 Å². The van der Waals surface area contributed by atoms with E-state index < -0.39 is 9.84 Å². The molecule has 0 unspecified atom stereocenters. The fourth-order valence-electron chi connectivity index (χ4n) is 2.10. The Morgan fingerprint density at radius 3 is 2.16 bits per heavy atom. The van der Waals surface area contributed by atoms with Crippen LogP contribution in [0.15, 0.2) is 17.0 Å². The molecule has 1 aromatic carbocycles. The molecule has 0 atom stereocenters. The van der Waals surface area contributed by atoms with Gasteiger partial charge >= 0.3 is 0 Å². The largest absolute Gasteiger partial charge is 0.493 e. The van der Waals surface area contributed by atoms with Gasteiger partial charge in [-0.2, -0.15) is 0 Å². The Morgan fingerprint density at radius 2 is 1.74 bits per heavy atom. The normalized spacial score (nSPS) is 17.1. The lowest BCUT2D eigenvalue weighted by Gasteiger charge is -2.16. The number of benzene rings is 1. The Labute approximate surface area is 113 Å². The van der Waals surface area contributed by atoms with E-state index in [-0.39, 0.29) is 10.4 Å². The van der Waals surface area contributed by atoms with Crippen molar-refractivity contribution < 1.29 is 17.9 Å². The summed E-state index contributed by atoms with van der Waals surface area (Å²) in [6.07, 6.45) is 3.57. The minimum Gasteiger partial charge on any atom is -0.493 e. The predicted molar refractivity (Wildman–Crippen MR) is 72.5 cm³/mol. The van der Waals surface area contributed by atoms with Crippen LogP contribution in [-0.4, -0.2) is 34.4 Å². The van der Waals surface area contributed by atoms with Gasteiger partial charge in [-0.25, -0.2) is 8.42 Å². The minimum absolute atomic E-state index is 0.265. The highest BCUT2D eigenvalue weighted by molar-refractivity contribution is 7.90. The molecule has 19 heavy (non-hydrogen) atoms. The van der Waals surface area contributed by atoms with Gasteiger partial charge in [-0.3, -0.25) is 0 Å². The van der Waals surface area contributed by atoms with Crippen molar-refractivity contribution in [1.29, 1.82) is 0 Å². The zero-order valence-corrected chi connectivity index (χ0v) is 12.2. The van der Waals surface area contributed by atoms with E-state index in [4.69, 9.17) is 15.2 Å². The Morgan fingerprint density at radius 1 is 1.21 bits per heavy atom. The molecule has 1 aromatic rings. The van der Waals surface area contributed by atoms with Crippen molar-refractivity contribution >= 4 is 9.84 Å². The molecule has 0 radical (unpaired) electrons. The molecule has 0 saturated heterocycles. The molecular formula is C13H19NO4S. The smallest absolute Gasteiger partial charge is 0.175 e. The summed E-state index contributed by atoms with van der Waals surface area (Å²) in [7, 11) is -0.321. The molecule has 5 nitrogen and oxygen atoms in total. The number of methoxy groups -OCH3 is 2. The van der Waals surface area contributed by atoms with Crippen molar-refractivity contribution in [2.75, 3.05) is 20.5 Å². The zero-order valence-electron chi connectivity index (χ0n) is 11.4. The second-order valence-corrected chi connectivity index (χ2v) is 7.11. The van der Waals surface area contributed by atoms with Gasteiger partial charge in [-0.1, -0.05) is 0 Å². The second kappa shape index (κ2) is 4.68. The van der Waals surface area contributed by atoms with Crippen LogP contribution < -0.4 is 15.2 Å². The highest BCUT2D eigenvalue weighted by Crippen LogP contribution is 2.40. The van der Waals surface area contributed by atoms with Crippen LogP contribution in [0, 0.1) is 0 Å². The van der Waals surface area contributed by atoms with Crippen LogP contribution in [0.3, 0.4) is 0 Å². The number of rotatable bonds is 5. The Hall–Kier alpha value is -1.27. The molecule has 0 aromatic heterocycles. The first kappa shape index (κ1) is 14.1. The number of hydrogen-bond donors (Lipinski definition) is 1. The maximum Gasteiger partial charge on any atom is 0.175 e. The SMILES string of the molecule is COc1cc(CC2(N)CC2)c(S(C)(=O)=O)cc1OC. The standard InChI is InChI=1S/C13H19NO4S/c1-17-10-6-9(8-13(14)4-5-13)12(19(3,15)16)7-11(10)18-2/h6-7H,4-5,8,14H2,1-3H3. The van der Waals surface area contributed by atoms with E-state index in [1.165, 1.54) is 26.5 Å². The molecule has 106 valence electrons. The highest BCUT2D eigenvalue weighted by Gasteiger charge is 2.39. The Bertz CT molecular complexity index is 591. The third-order valence-corrected chi connectivity index (χ3v) is 4.58. The van der Waals surface area contributed by atoms with E-state index in [1.807, 2.05) is 0 Å². The summed E-state index contributed by atoms with van der Waals surface area (Å²) in [5.41, 5.74) is 6.52. The van der Waals surface area contributed by atoms with E-state index in [0.717, 1.165) is 12.8 Å². The third-order valence-electron chi connectivity index (χ3n) is 3.40. The van der Waals surface area contributed by atoms with Crippen molar-refractivity contribution in [3.05, 3.63) is 17.7 Å². The molecule has 1 aliphatic carbocycles. The average molecular weight is 285 g/mol. The van der Waals surface area contributed by atoms with Crippen molar-refractivity contribution in [1.82, 2.24) is 0 Å². The van der Waals surface area contributed by atoms with E-state index >= 15 is 0 Å². The topological polar surface area (TPSA) is 78.6 Å². The predicted octanol–water partition coefficient (Wildman–Crippen LogP) is 1.14. The third kappa shape index (κ3) is 3.01. The summed E-state index contributed by atoms with van der Waals surface area (Å²) in [5.74, 6) is 0.933. The minimum atomic E-state index is -3.33. The molecule has 0 bridgehead atoms. The van der Waals surface area contributed by atoms with Crippen molar-refractivity contribution in [2.45, 2.75) is 29.7 Å². The lowest BCUT2D eigenvalue weighted by molar-refractivity contribution is 0.353. The van der Waals surface area contributed by atoms with Crippen LogP contribution in [0.5, 0.6) is 11.5 Å². The second-order valence-electron chi connectivity index (χ2n) is 5.13. The van der Waals surface area contributed by atoms with Crippen molar-refractivity contribution in [3.63, 3.8) is 0 Å². The molecule has 1 saturated carbocycles. The fourth-order valence-corrected chi connectivity index (χ4v) is 3.03. The van der Waals surface area contributed by atoms with Gasteiger partial charge in [-0.05, 0) is 30.9 Å². The van der Waals surface area contributed by atoms with E-state index in [2.05, 4.69) is 0 Å². The van der Waals surface area contributed by atoms with Gasteiger partial charge in [0.1, 0.15) is 0 Å². The summed E-state index contributed by atoms with van der Waals surface area (Å²) < 4.78 is 34.2. The molecule has 2 N–H and O–H groups in total. The van der Waals surface area contributed by atoms with Crippen LogP contribution in [-0.2, 0) is 16.3 Å². The maximum atomic E-state index is 11.9. The first-order chi connectivity index (χ1) is 8.79. The Balaban J connectivity index is 2.54. The molecule has 0 spiro atoms. The van der Waals surface area contributed by atoms with Crippen LogP contribution in [0.4, 0.5) is 0 Å². The molecule has 6 heteroatoms. The molecule has 2 rings (SSSR count). The molecule has 0 amide bonds. The van der Waals surface area contributed by atoms with Crippen molar-refractivity contribution in [2.24, 2.45) is 5.73 Å². The fraction of sp³-hybridized carbons (Fsp3) is 0.538. The summed E-state index contributed by atoms with van der Waals surface area (Å²) >= 11 is 0. The van der Waals surface area contributed by atoms with Crippen LogP contribution >= 0.6 is 0 Å². The average Bonchev–Trinajstić information content (AvgIpc) is 3.04. The lowest BCUT2D eigenvalue weighted by atomic mass is 10.0. The van der Waals surface area contributed by atoms with Crippen molar-refractivity contribution in [3.8, 4) is 11.5 Å². The van der Waals surface area contributed by atoms with E-state index in [0.29, 0.717) is 23.5 Å². The van der Waals surface area contributed by atoms with E-state index in [1.54, 1.807) is 6.07 Å². The molecular weight excluding hydrogens is 266 g/mol.